The van der Waals surface area contributed by atoms with Crippen LogP contribution in [0.2, 0.25) is 0 Å². The highest BCUT2D eigenvalue weighted by atomic mass is 15.3. The largest absolute Gasteiger partial charge is 0.308 e. The third-order valence-corrected chi connectivity index (χ3v) is 5.27. The van der Waals surface area contributed by atoms with Gasteiger partial charge in [0.25, 0.3) is 0 Å². The Morgan fingerprint density at radius 3 is 2.76 bits per heavy atom. The van der Waals surface area contributed by atoms with Crippen molar-refractivity contribution in [3.63, 3.8) is 0 Å². The maximum atomic E-state index is 4.46. The van der Waals surface area contributed by atoms with Gasteiger partial charge in [0.05, 0.1) is 5.69 Å². The van der Waals surface area contributed by atoms with Crippen LogP contribution in [0.1, 0.15) is 56.8 Å². The van der Waals surface area contributed by atoms with Gasteiger partial charge in [-0.05, 0) is 46.7 Å². The van der Waals surface area contributed by atoms with Gasteiger partial charge in [0.15, 0.2) is 0 Å². The molecule has 1 saturated carbocycles. The van der Waals surface area contributed by atoms with E-state index in [4.69, 9.17) is 0 Å². The number of aromatic nitrogens is 2. The molecule has 1 aromatic heterocycles. The Balaban J connectivity index is 2.03. The molecule has 0 saturated heterocycles. The Morgan fingerprint density at radius 1 is 1.52 bits per heavy atom. The zero-order valence-electron chi connectivity index (χ0n) is 14.6. The Hall–Kier alpha value is -0.870. The molecular weight excluding hydrogens is 260 g/mol. The summed E-state index contributed by atoms with van der Waals surface area (Å²) in [4.78, 5) is 2.44. The van der Waals surface area contributed by atoms with Crippen LogP contribution in [0.25, 0.3) is 0 Å². The van der Waals surface area contributed by atoms with E-state index in [1.165, 1.54) is 31.2 Å². The summed E-state index contributed by atoms with van der Waals surface area (Å²) in [6.45, 7) is 7.80. The van der Waals surface area contributed by atoms with E-state index in [0.29, 0.717) is 11.6 Å². The zero-order chi connectivity index (χ0) is 15.6. The van der Waals surface area contributed by atoms with Crippen LogP contribution < -0.4 is 5.32 Å². The van der Waals surface area contributed by atoms with E-state index in [9.17, 15) is 0 Å². The standard InChI is InChI=1S/C17H32N4/c1-13-8-7-9-17(10-13,20(4)5)12-18-14(2)16-11-21(6)19-15(16)3/h11,13-14,18H,7-10,12H2,1-6H3. The van der Waals surface area contributed by atoms with Gasteiger partial charge in [-0.15, -0.1) is 0 Å². The first-order valence-corrected chi connectivity index (χ1v) is 8.25. The number of hydrogen-bond acceptors (Lipinski definition) is 3. The van der Waals surface area contributed by atoms with Crippen molar-refractivity contribution in [1.29, 1.82) is 0 Å². The predicted octanol–water partition coefficient (Wildman–Crippen LogP) is 2.89. The first kappa shape index (κ1) is 16.5. The van der Waals surface area contributed by atoms with Crippen LogP contribution in [0.4, 0.5) is 0 Å². The fourth-order valence-corrected chi connectivity index (χ4v) is 3.85. The topological polar surface area (TPSA) is 33.1 Å². The molecule has 1 aromatic rings. The molecule has 0 amide bonds. The fourth-order valence-electron chi connectivity index (χ4n) is 3.85. The Labute approximate surface area is 129 Å². The zero-order valence-corrected chi connectivity index (χ0v) is 14.6. The minimum atomic E-state index is 0.308. The summed E-state index contributed by atoms with van der Waals surface area (Å²) in [6, 6.07) is 0.354. The summed E-state index contributed by atoms with van der Waals surface area (Å²) >= 11 is 0. The predicted molar refractivity (Wildman–Crippen MR) is 88.4 cm³/mol. The quantitative estimate of drug-likeness (QED) is 0.906. The fraction of sp³-hybridized carbons (Fsp3) is 0.824. The molecule has 0 aromatic carbocycles. The van der Waals surface area contributed by atoms with Crippen molar-refractivity contribution in [2.75, 3.05) is 20.6 Å². The molecule has 1 aliphatic rings. The van der Waals surface area contributed by atoms with Crippen LogP contribution in [0.15, 0.2) is 6.20 Å². The number of nitrogens with one attached hydrogen (secondary N) is 1. The number of hydrogen-bond donors (Lipinski definition) is 1. The van der Waals surface area contributed by atoms with Crippen LogP contribution in [0.3, 0.4) is 0 Å². The summed E-state index contributed by atoms with van der Waals surface area (Å²) in [6.07, 6.45) is 7.47. The molecule has 4 heteroatoms. The molecule has 2 rings (SSSR count). The highest BCUT2D eigenvalue weighted by Crippen LogP contribution is 2.35. The lowest BCUT2D eigenvalue weighted by molar-refractivity contribution is 0.0728. The second-order valence-electron chi connectivity index (χ2n) is 7.27. The lowest BCUT2D eigenvalue weighted by Crippen LogP contribution is -2.54. The highest BCUT2D eigenvalue weighted by Gasteiger charge is 2.37. The minimum Gasteiger partial charge on any atom is -0.308 e. The van der Waals surface area contributed by atoms with Crippen molar-refractivity contribution < 1.29 is 0 Å². The molecular formula is C17H32N4. The van der Waals surface area contributed by atoms with E-state index in [-0.39, 0.29) is 0 Å². The van der Waals surface area contributed by atoms with Crippen molar-refractivity contribution in [2.45, 2.75) is 58.0 Å². The normalized spacial score (nSPS) is 28.0. The highest BCUT2D eigenvalue weighted by molar-refractivity contribution is 5.19. The molecule has 1 N–H and O–H groups in total. The second kappa shape index (κ2) is 6.49. The van der Waals surface area contributed by atoms with Gasteiger partial charge in [-0.1, -0.05) is 19.8 Å². The van der Waals surface area contributed by atoms with E-state index in [2.05, 4.69) is 56.4 Å². The van der Waals surface area contributed by atoms with E-state index in [1.54, 1.807) is 0 Å². The Kier molecular flexibility index (Phi) is 5.10. The second-order valence-corrected chi connectivity index (χ2v) is 7.27. The van der Waals surface area contributed by atoms with Crippen molar-refractivity contribution in [2.24, 2.45) is 13.0 Å². The summed E-state index contributed by atoms with van der Waals surface area (Å²) in [5.74, 6) is 0.832. The van der Waals surface area contributed by atoms with Crippen LogP contribution in [-0.2, 0) is 7.05 Å². The SMILES string of the molecule is Cc1nn(C)cc1C(C)NCC1(N(C)C)CCCC(C)C1. The molecule has 0 spiro atoms. The minimum absolute atomic E-state index is 0.308. The van der Waals surface area contributed by atoms with E-state index >= 15 is 0 Å². The Bertz CT molecular complexity index is 465. The van der Waals surface area contributed by atoms with Gasteiger partial charge in [0.1, 0.15) is 0 Å². The molecule has 0 aliphatic heterocycles. The lowest BCUT2D eigenvalue weighted by Gasteiger charge is -2.46. The first-order chi connectivity index (χ1) is 9.84. The number of likely N-dealkylation sites (N-methyl/N-ethyl adjacent to an activating group) is 1. The molecule has 1 heterocycles. The summed E-state index contributed by atoms with van der Waals surface area (Å²) in [7, 11) is 6.47. The van der Waals surface area contributed by atoms with Crippen LogP contribution in [-0.4, -0.2) is 40.9 Å². The van der Waals surface area contributed by atoms with Gasteiger partial charge in [-0.25, -0.2) is 0 Å². The van der Waals surface area contributed by atoms with Gasteiger partial charge >= 0.3 is 0 Å². The number of rotatable bonds is 5. The number of aryl methyl sites for hydroxylation is 2. The van der Waals surface area contributed by atoms with E-state index < -0.39 is 0 Å². The maximum Gasteiger partial charge on any atom is 0.0641 e. The van der Waals surface area contributed by atoms with Crippen molar-refractivity contribution in [3.8, 4) is 0 Å². The smallest absolute Gasteiger partial charge is 0.0641 e. The summed E-state index contributed by atoms with van der Waals surface area (Å²) in [5, 5.41) is 8.23. The lowest BCUT2D eigenvalue weighted by atomic mass is 9.75. The first-order valence-electron chi connectivity index (χ1n) is 8.25. The van der Waals surface area contributed by atoms with Crippen LogP contribution in [0.5, 0.6) is 0 Å². The van der Waals surface area contributed by atoms with Crippen molar-refractivity contribution in [3.05, 3.63) is 17.5 Å². The molecule has 4 nitrogen and oxygen atoms in total. The average Bonchev–Trinajstić information content (AvgIpc) is 2.75. The number of nitrogens with zero attached hydrogens (tertiary/aromatic N) is 3. The molecule has 21 heavy (non-hydrogen) atoms. The average molecular weight is 292 g/mol. The monoisotopic (exact) mass is 292 g/mol. The summed E-state index contributed by atoms with van der Waals surface area (Å²) < 4.78 is 1.91. The van der Waals surface area contributed by atoms with Gasteiger partial charge in [0.2, 0.25) is 0 Å². The van der Waals surface area contributed by atoms with Crippen molar-refractivity contribution in [1.82, 2.24) is 20.0 Å². The maximum absolute atomic E-state index is 4.46. The van der Waals surface area contributed by atoms with Crippen LogP contribution >= 0.6 is 0 Å². The van der Waals surface area contributed by atoms with E-state index in [1.807, 2.05) is 11.7 Å². The molecule has 1 fully saturated rings. The molecule has 0 radical (unpaired) electrons. The third kappa shape index (κ3) is 3.67. The third-order valence-electron chi connectivity index (χ3n) is 5.27. The van der Waals surface area contributed by atoms with Crippen LogP contribution in [0, 0.1) is 12.8 Å². The van der Waals surface area contributed by atoms with Gasteiger partial charge < -0.3 is 10.2 Å². The molecule has 3 unspecified atom stereocenters. The van der Waals surface area contributed by atoms with Crippen molar-refractivity contribution >= 4 is 0 Å². The molecule has 3 atom stereocenters. The Morgan fingerprint density at radius 2 is 2.24 bits per heavy atom. The molecule has 120 valence electrons. The van der Waals surface area contributed by atoms with Gasteiger partial charge in [0, 0.05) is 36.9 Å². The summed E-state index contributed by atoms with van der Waals surface area (Å²) in [5.41, 5.74) is 2.76. The van der Waals surface area contributed by atoms with Gasteiger partial charge in [-0.2, -0.15) is 5.10 Å². The van der Waals surface area contributed by atoms with Gasteiger partial charge in [-0.3, -0.25) is 4.68 Å². The molecule has 0 bridgehead atoms. The van der Waals surface area contributed by atoms with E-state index in [0.717, 1.165) is 18.2 Å². The molecule has 1 aliphatic carbocycles.